The second-order valence-electron chi connectivity index (χ2n) is 3.52. The van der Waals surface area contributed by atoms with Gasteiger partial charge in [0.05, 0.1) is 12.8 Å². The molecule has 94 valence electrons. The van der Waals surface area contributed by atoms with Crippen LogP contribution in [0.3, 0.4) is 0 Å². The molecule has 6 heteroatoms. The predicted molar refractivity (Wildman–Crippen MR) is 68.8 cm³/mol. The van der Waals surface area contributed by atoms with Crippen LogP contribution >= 0.6 is 0 Å². The first-order chi connectivity index (χ1) is 8.77. The Hall–Kier alpha value is -2.50. The third kappa shape index (κ3) is 2.13. The van der Waals surface area contributed by atoms with Crippen molar-refractivity contribution >= 4 is 17.9 Å². The first-order valence-corrected chi connectivity index (χ1v) is 5.53. The predicted octanol–water partition coefficient (Wildman–Crippen LogP) is 1.42. The van der Waals surface area contributed by atoms with Crippen LogP contribution in [0.25, 0.3) is 5.69 Å². The molecule has 1 heterocycles. The largest absolute Gasteiger partial charge is 0.492 e. The average molecular weight is 246 g/mol. The zero-order valence-corrected chi connectivity index (χ0v) is 9.96. The number of carbonyl (C=O) groups is 1. The molecule has 0 aliphatic carbocycles. The van der Waals surface area contributed by atoms with Crippen molar-refractivity contribution in [3.05, 3.63) is 30.5 Å². The van der Waals surface area contributed by atoms with Gasteiger partial charge in [0.2, 0.25) is 6.41 Å². The topological polar surface area (TPSA) is 82.2 Å². The molecule has 0 spiro atoms. The minimum absolute atomic E-state index is 0.356. The Balaban J connectivity index is 2.45. The van der Waals surface area contributed by atoms with E-state index in [4.69, 9.17) is 10.5 Å². The lowest BCUT2D eigenvalue weighted by Gasteiger charge is -2.11. The van der Waals surface area contributed by atoms with Gasteiger partial charge < -0.3 is 15.8 Å². The van der Waals surface area contributed by atoms with Crippen molar-refractivity contribution in [1.82, 2.24) is 9.78 Å². The molecule has 0 aliphatic rings. The molecule has 1 aromatic carbocycles. The Kier molecular flexibility index (Phi) is 3.47. The lowest BCUT2D eigenvalue weighted by atomic mass is 10.3. The van der Waals surface area contributed by atoms with Gasteiger partial charge >= 0.3 is 0 Å². The van der Waals surface area contributed by atoms with E-state index >= 15 is 0 Å². The molecule has 2 aromatic rings. The molecule has 6 nitrogen and oxygen atoms in total. The molecular formula is C12H14N4O2. The number of hydrogen-bond acceptors (Lipinski definition) is 4. The molecule has 0 aliphatic heterocycles. The fourth-order valence-electron chi connectivity index (χ4n) is 1.63. The van der Waals surface area contributed by atoms with Gasteiger partial charge in [-0.2, -0.15) is 5.10 Å². The van der Waals surface area contributed by atoms with Crippen molar-refractivity contribution in [3.63, 3.8) is 0 Å². The van der Waals surface area contributed by atoms with E-state index in [1.165, 1.54) is 10.9 Å². The molecule has 0 saturated heterocycles. The van der Waals surface area contributed by atoms with Crippen molar-refractivity contribution in [2.45, 2.75) is 6.92 Å². The number of carbonyl (C=O) groups excluding carboxylic acids is 1. The summed E-state index contributed by atoms with van der Waals surface area (Å²) in [6.07, 6.45) is 2.05. The summed E-state index contributed by atoms with van der Waals surface area (Å²) >= 11 is 0. The van der Waals surface area contributed by atoms with Crippen LogP contribution in [0.15, 0.2) is 30.5 Å². The smallest absolute Gasteiger partial charge is 0.211 e. The summed E-state index contributed by atoms with van der Waals surface area (Å²) < 4.78 is 7.03. The first kappa shape index (κ1) is 12.0. The van der Waals surface area contributed by atoms with E-state index < -0.39 is 0 Å². The van der Waals surface area contributed by atoms with Crippen LogP contribution in [0.5, 0.6) is 5.75 Å². The Morgan fingerprint density at radius 2 is 2.28 bits per heavy atom. The molecule has 2 rings (SSSR count). The van der Waals surface area contributed by atoms with E-state index in [0.717, 1.165) is 5.69 Å². The minimum Gasteiger partial charge on any atom is -0.492 e. The molecule has 0 bridgehead atoms. The summed E-state index contributed by atoms with van der Waals surface area (Å²) in [5.74, 6) is 1.04. The number of nitrogens with zero attached hydrogens (tertiary/aromatic N) is 2. The summed E-state index contributed by atoms with van der Waals surface area (Å²) in [6.45, 7) is 2.46. The van der Waals surface area contributed by atoms with E-state index in [1.54, 1.807) is 0 Å². The van der Waals surface area contributed by atoms with Crippen molar-refractivity contribution in [1.29, 1.82) is 0 Å². The third-order valence-electron chi connectivity index (χ3n) is 2.41. The summed E-state index contributed by atoms with van der Waals surface area (Å²) in [5, 5.41) is 6.63. The van der Waals surface area contributed by atoms with Gasteiger partial charge in [-0.05, 0) is 19.1 Å². The zero-order valence-electron chi connectivity index (χ0n) is 9.96. The second kappa shape index (κ2) is 5.22. The van der Waals surface area contributed by atoms with Crippen LogP contribution in [0, 0.1) is 0 Å². The first-order valence-electron chi connectivity index (χ1n) is 5.53. The highest BCUT2D eigenvalue weighted by molar-refractivity contribution is 5.78. The van der Waals surface area contributed by atoms with Gasteiger partial charge in [0.15, 0.2) is 5.82 Å². The number of para-hydroxylation sites is 2. The summed E-state index contributed by atoms with van der Waals surface area (Å²) in [6, 6.07) is 7.43. The Labute approximate surface area is 104 Å². The van der Waals surface area contributed by atoms with E-state index in [2.05, 4.69) is 10.4 Å². The standard InChI is InChI=1S/C12H14N4O2/c1-2-18-11-6-4-3-5-10(11)16-12(13)9(7-15-16)14-8-17/h3-8H,2,13H2,1H3,(H,14,17). The van der Waals surface area contributed by atoms with Crippen molar-refractivity contribution < 1.29 is 9.53 Å². The number of hydrogen-bond donors (Lipinski definition) is 2. The summed E-state index contributed by atoms with van der Waals surface area (Å²) in [4.78, 5) is 10.4. The maximum Gasteiger partial charge on any atom is 0.211 e. The van der Waals surface area contributed by atoms with E-state index in [0.29, 0.717) is 30.3 Å². The van der Waals surface area contributed by atoms with E-state index in [9.17, 15) is 4.79 Å². The quantitative estimate of drug-likeness (QED) is 0.782. The Morgan fingerprint density at radius 3 is 3.00 bits per heavy atom. The molecule has 18 heavy (non-hydrogen) atoms. The van der Waals surface area contributed by atoms with Crippen LogP contribution in [-0.2, 0) is 4.79 Å². The number of nitrogens with two attached hydrogens (primary N) is 1. The van der Waals surface area contributed by atoms with Crippen molar-refractivity contribution in [2.24, 2.45) is 0 Å². The monoisotopic (exact) mass is 246 g/mol. The number of benzene rings is 1. The number of anilines is 2. The fraction of sp³-hybridized carbons (Fsp3) is 0.167. The number of aromatic nitrogens is 2. The lowest BCUT2D eigenvalue weighted by molar-refractivity contribution is -0.105. The molecule has 0 atom stereocenters. The Bertz CT molecular complexity index is 551. The van der Waals surface area contributed by atoms with Crippen LogP contribution in [-0.4, -0.2) is 22.8 Å². The number of nitrogens with one attached hydrogen (secondary N) is 1. The average Bonchev–Trinajstić information content (AvgIpc) is 2.73. The number of rotatable bonds is 5. The molecule has 0 saturated carbocycles. The van der Waals surface area contributed by atoms with Gasteiger partial charge in [-0.1, -0.05) is 12.1 Å². The second-order valence-corrected chi connectivity index (χ2v) is 3.52. The molecule has 0 fully saturated rings. The maximum absolute atomic E-state index is 10.4. The van der Waals surface area contributed by atoms with Crippen LogP contribution in [0.1, 0.15) is 6.92 Å². The van der Waals surface area contributed by atoms with E-state index in [-0.39, 0.29) is 0 Å². The Morgan fingerprint density at radius 1 is 1.50 bits per heavy atom. The van der Waals surface area contributed by atoms with Gasteiger partial charge in [0, 0.05) is 0 Å². The van der Waals surface area contributed by atoms with Crippen LogP contribution < -0.4 is 15.8 Å². The maximum atomic E-state index is 10.4. The number of ether oxygens (including phenoxy) is 1. The zero-order chi connectivity index (χ0) is 13.0. The number of amides is 1. The highest BCUT2D eigenvalue weighted by Crippen LogP contribution is 2.27. The van der Waals surface area contributed by atoms with Crippen LogP contribution in [0.2, 0.25) is 0 Å². The van der Waals surface area contributed by atoms with Crippen molar-refractivity contribution in [3.8, 4) is 11.4 Å². The summed E-state index contributed by atoms with van der Waals surface area (Å²) in [7, 11) is 0. The minimum atomic E-state index is 0.356. The molecule has 1 aromatic heterocycles. The lowest BCUT2D eigenvalue weighted by Crippen LogP contribution is -2.06. The molecule has 0 radical (unpaired) electrons. The SMILES string of the molecule is CCOc1ccccc1-n1ncc(NC=O)c1N. The third-order valence-corrected chi connectivity index (χ3v) is 2.41. The van der Waals surface area contributed by atoms with Gasteiger partial charge in [0.1, 0.15) is 17.1 Å². The van der Waals surface area contributed by atoms with E-state index in [1.807, 2.05) is 31.2 Å². The van der Waals surface area contributed by atoms with Gasteiger partial charge in [-0.25, -0.2) is 4.68 Å². The molecule has 3 N–H and O–H groups in total. The normalized spacial score (nSPS) is 10.1. The van der Waals surface area contributed by atoms with Gasteiger partial charge in [-0.15, -0.1) is 0 Å². The summed E-state index contributed by atoms with van der Waals surface area (Å²) in [5.41, 5.74) is 7.11. The van der Waals surface area contributed by atoms with Gasteiger partial charge in [-0.3, -0.25) is 4.79 Å². The van der Waals surface area contributed by atoms with Crippen molar-refractivity contribution in [2.75, 3.05) is 17.7 Å². The molecule has 1 amide bonds. The highest BCUT2D eigenvalue weighted by Gasteiger charge is 2.12. The van der Waals surface area contributed by atoms with Gasteiger partial charge in [0.25, 0.3) is 0 Å². The van der Waals surface area contributed by atoms with Crippen LogP contribution in [0.4, 0.5) is 11.5 Å². The molecule has 0 unspecified atom stereocenters. The fourth-order valence-corrected chi connectivity index (χ4v) is 1.63. The number of nitrogen functional groups attached to an aromatic ring is 1. The highest BCUT2D eigenvalue weighted by atomic mass is 16.5. The molecular weight excluding hydrogens is 232 g/mol.